The molecular formula is C14H21N2O8P. The highest BCUT2D eigenvalue weighted by Gasteiger charge is 2.38. The molecule has 0 bridgehead atoms. The van der Waals surface area contributed by atoms with Crippen molar-refractivity contribution in [1.82, 2.24) is 9.55 Å². The van der Waals surface area contributed by atoms with E-state index < -0.39 is 30.7 Å². The van der Waals surface area contributed by atoms with Gasteiger partial charge in [0.25, 0.3) is 11.4 Å². The van der Waals surface area contributed by atoms with Gasteiger partial charge in [-0.05, 0) is 31.6 Å². The number of carboxylic acids is 1. The number of nitrogens with one attached hydrogen (secondary N) is 1. The van der Waals surface area contributed by atoms with Gasteiger partial charge in [0.2, 0.25) is 0 Å². The Morgan fingerprint density at radius 2 is 2.04 bits per heavy atom. The first kappa shape index (κ1) is 19.6. The van der Waals surface area contributed by atoms with E-state index in [2.05, 4.69) is 4.98 Å². The molecule has 3 atom stereocenters. The second-order valence-corrected chi connectivity index (χ2v) is 7.94. The van der Waals surface area contributed by atoms with Crippen LogP contribution in [0.1, 0.15) is 24.8 Å². The van der Waals surface area contributed by atoms with Gasteiger partial charge >= 0.3 is 19.3 Å². The Morgan fingerprint density at radius 1 is 1.40 bits per heavy atom. The molecule has 0 aliphatic heterocycles. The molecule has 2 unspecified atom stereocenters. The Kier molecular flexibility index (Phi) is 5.99. The molecule has 1 saturated carbocycles. The smallest absolute Gasteiger partial charge is 0.365 e. The number of hydrogen-bond acceptors (Lipinski definition) is 5. The highest BCUT2D eigenvalue weighted by atomic mass is 31.2. The van der Waals surface area contributed by atoms with Crippen molar-refractivity contribution in [1.29, 1.82) is 0 Å². The number of nitrogens with zero attached hydrogens (tertiary/aromatic N) is 1. The van der Waals surface area contributed by atoms with Crippen molar-refractivity contribution >= 4 is 13.6 Å². The molecule has 1 aromatic heterocycles. The van der Waals surface area contributed by atoms with Crippen LogP contribution >= 0.6 is 7.60 Å². The summed E-state index contributed by atoms with van der Waals surface area (Å²) in [6.07, 6.45) is 3.78. The molecule has 140 valence electrons. The molecule has 1 fully saturated rings. The summed E-state index contributed by atoms with van der Waals surface area (Å²) in [6.45, 7) is 1.78. The monoisotopic (exact) mass is 376 g/mol. The van der Waals surface area contributed by atoms with Crippen molar-refractivity contribution in [2.24, 2.45) is 11.8 Å². The minimum atomic E-state index is -4.91. The SMILES string of the molecule is Cc1cn(C[C@@H]2CCCC2COC(C(=O)O)P(=O)(O)O)c(=O)[nH]c1=O. The summed E-state index contributed by atoms with van der Waals surface area (Å²) >= 11 is 0. The lowest BCUT2D eigenvalue weighted by atomic mass is 9.97. The van der Waals surface area contributed by atoms with Crippen LogP contribution in [0, 0.1) is 18.8 Å². The van der Waals surface area contributed by atoms with E-state index >= 15 is 0 Å². The molecule has 1 aliphatic rings. The maximum atomic E-state index is 11.9. The highest BCUT2D eigenvalue weighted by molar-refractivity contribution is 7.53. The van der Waals surface area contributed by atoms with Gasteiger partial charge in [-0.2, -0.15) is 0 Å². The molecule has 1 aliphatic carbocycles. The Morgan fingerprint density at radius 3 is 2.64 bits per heavy atom. The zero-order chi connectivity index (χ0) is 18.8. The predicted molar refractivity (Wildman–Crippen MR) is 86.3 cm³/mol. The number of aromatic amines is 1. The summed E-state index contributed by atoms with van der Waals surface area (Å²) in [5.41, 5.74) is -0.572. The Bertz CT molecular complexity index is 795. The summed E-state index contributed by atoms with van der Waals surface area (Å²) < 4.78 is 17.5. The summed E-state index contributed by atoms with van der Waals surface area (Å²) in [5, 5.41) is 8.88. The molecule has 0 aromatic carbocycles. The van der Waals surface area contributed by atoms with E-state index in [1.165, 1.54) is 10.8 Å². The minimum absolute atomic E-state index is 0.0192. The maximum Gasteiger partial charge on any atom is 0.365 e. The van der Waals surface area contributed by atoms with Crippen molar-refractivity contribution in [3.05, 3.63) is 32.6 Å². The van der Waals surface area contributed by atoms with Crippen molar-refractivity contribution in [2.45, 2.75) is 38.6 Å². The molecule has 0 spiro atoms. The predicted octanol–water partition coefficient (Wildman–Crippen LogP) is -0.134. The van der Waals surface area contributed by atoms with E-state index in [0.717, 1.165) is 12.8 Å². The standard InChI is InChI=1S/C14H21N2O8P/c1-8-5-16(14(20)15-11(8)17)6-9-3-2-4-10(9)7-24-13(12(18)19)25(21,22)23/h5,9-10,13H,2-4,6-7H2,1H3,(H,18,19)(H,15,17,20)(H2,21,22,23)/t9-,10?,13?/m0/s1. The van der Waals surface area contributed by atoms with Crippen LogP contribution in [-0.4, -0.2) is 42.9 Å². The molecule has 1 aromatic rings. The number of aliphatic carboxylic acids is 1. The number of aryl methyl sites for hydroxylation is 1. The van der Waals surface area contributed by atoms with Gasteiger partial charge in [0.05, 0.1) is 6.61 Å². The van der Waals surface area contributed by atoms with Crippen LogP contribution in [0.25, 0.3) is 0 Å². The number of carboxylic acid groups (broad SMARTS) is 1. The first-order chi connectivity index (χ1) is 11.6. The molecule has 10 nitrogen and oxygen atoms in total. The largest absolute Gasteiger partial charge is 0.479 e. The molecule has 0 radical (unpaired) electrons. The number of rotatable bonds is 7. The highest BCUT2D eigenvalue weighted by Crippen LogP contribution is 2.43. The normalized spacial score (nSPS) is 22.0. The fourth-order valence-corrected chi connectivity index (χ4v) is 3.68. The van der Waals surface area contributed by atoms with Gasteiger partial charge in [-0.25, -0.2) is 9.59 Å². The van der Waals surface area contributed by atoms with E-state index in [1.54, 1.807) is 6.92 Å². The fraction of sp³-hybridized carbons (Fsp3) is 0.643. The molecule has 2 rings (SSSR count). The maximum absolute atomic E-state index is 11.9. The number of carbonyl (C=O) groups is 1. The topological polar surface area (TPSA) is 159 Å². The van der Waals surface area contributed by atoms with Crippen LogP contribution in [0.3, 0.4) is 0 Å². The van der Waals surface area contributed by atoms with E-state index in [9.17, 15) is 18.9 Å². The van der Waals surface area contributed by atoms with E-state index in [0.29, 0.717) is 18.5 Å². The second kappa shape index (κ2) is 7.65. The summed E-state index contributed by atoms with van der Waals surface area (Å²) in [6, 6.07) is 0. The first-order valence-electron chi connectivity index (χ1n) is 7.79. The fourth-order valence-electron chi connectivity index (χ4n) is 3.11. The van der Waals surface area contributed by atoms with Crippen LogP contribution in [0.4, 0.5) is 0 Å². The van der Waals surface area contributed by atoms with E-state index in [4.69, 9.17) is 19.6 Å². The molecule has 4 N–H and O–H groups in total. The third-order valence-corrected chi connectivity index (χ3v) is 5.40. The lowest BCUT2D eigenvalue weighted by Crippen LogP contribution is -2.34. The molecule has 0 saturated heterocycles. The van der Waals surface area contributed by atoms with E-state index in [1.807, 2.05) is 0 Å². The molecular weight excluding hydrogens is 355 g/mol. The minimum Gasteiger partial charge on any atom is -0.479 e. The third-order valence-electron chi connectivity index (χ3n) is 4.42. The van der Waals surface area contributed by atoms with Crippen LogP contribution in [0.2, 0.25) is 0 Å². The van der Waals surface area contributed by atoms with Crippen molar-refractivity contribution in [3.63, 3.8) is 0 Å². The molecule has 11 heteroatoms. The van der Waals surface area contributed by atoms with Crippen LogP contribution < -0.4 is 11.2 Å². The molecule has 1 heterocycles. The zero-order valence-electron chi connectivity index (χ0n) is 13.6. The number of aromatic nitrogens is 2. The van der Waals surface area contributed by atoms with Crippen molar-refractivity contribution in [2.75, 3.05) is 6.61 Å². The lowest BCUT2D eigenvalue weighted by Gasteiger charge is -2.23. The summed E-state index contributed by atoms with van der Waals surface area (Å²) in [5.74, 6) is -4.05. The van der Waals surface area contributed by atoms with Gasteiger partial charge < -0.3 is 24.2 Å². The van der Waals surface area contributed by atoms with Gasteiger partial charge in [-0.3, -0.25) is 14.3 Å². The Labute approximate surface area is 142 Å². The van der Waals surface area contributed by atoms with Crippen molar-refractivity contribution < 1.29 is 29.0 Å². The van der Waals surface area contributed by atoms with Gasteiger partial charge in [-0.15, -0.1) is 0 Å². The van der Waals surface area contributed by atoms with Crippen molar-refractivity contribution in [3.8, 4) is 0 Å². The quantitative estimate of drug-likeness (QED) is 0.479. The Hall–Kier alpha value is -1.74. The zero-order valence-corrected chi connectivity index (χ0v) is 14.5. The van der Waals surface area contributed by atoms with Gasteiger partial charge in [0.1, 0.15) is 0 Å². The van der Waals surface area contributed by atoms with Gasteiger partial charge in [0, 0.05) is 18.3 Å². The van der Waals surface area contributed by atoms with Crippen LogP contribution in [-0.2, 0) is 20.6 Å². The number of hydrogen-bond donors (Lipinski definition) is 4. The average Bonchev–Trinajstić information content (AvgIpc) is 2.90. The summed E-state index contributed by atoms with van der Waals surface area (Å²) in [4.78, 5) is 54.5. The first-order valence-corrected chi connectivity index (χ1v) is 9.47. The Balaban J connectivity index is 2.07. The lowest BCUT2D eigenvalue weighted by molar-refractivity contribution is -0.146. The van der Waals surface area contributed by atoms with E-state index in [-0.39, 0.29) is 18.4 Å². The van der Waals surface area contributed by atoms with Crippen LogP contribution in [0.5, 0.6) is 0 Å². The second-order valence-electron chi connectivity index (χ2n) is 6.29. The van der Waals surface area contributed by atoms with Crippen LogP contribution in [0.15, 0.2) is 15.8 Å². The van der Waals surface area contributed by atoms with Gasteiger partial charge in [-0.1, -0.05) is 6.42 Å². The van der Waals surface area contributed by atoms with Gasteiger partial charge in [0.15, 0.2) is 0 Å². The number of ether oxygens (including phenoxy) is 1. The summed E-state index contributed by atoms with van der Waals surface area (Å²) in [7, 11) is -4.91. The molecule has 0 amide bonds. The molecule has 25 heavy (non-hydrogen) atoms. The average molecular weight is 376 g/mol. The third kappa shape index (κ3) is 4.88. The number of H-pyrrole nitrogens is 1.